The van der Waals surface area contributed by atoms with Gasteiger partial charge in [-0.2, -0.15) is 14.9 Å². The molecule has 0 saturated heterocycles. The van der Waals surface area contributed by atoms with Gasteiger partial charge in [-0.25, -0.2) is 9.59 Å². The minimum absolute atomic E-state index is 0.193. The molecule has 10 heteroatoms. The van der Waals surface area contributed by atoms with E-state index in [0.717, 1.165) is 34.8 Å². The number of rotatable bonds is 5. The molecule has 0 atom stereocenters. The molecule has 3 aromatic carbocycles. The summed E-state index contributed by atoms with van der Waals surface area (Å²) < 4.78 is 5.74. The zero-order valence-corrected chi connectivity index (χ0v) is 19.8. The van der Waals surface area contributed by atoms with Crippen molar-refractivity contribution in [3.63, 3.8) is 0 Å². The highest BCUT2D eigenvalue weighted by atomic mass is 16.5. The minimum Gasteiger partial charge on any atom is -0.451 e. The Morgan fingerprint density at radius 1 is 1.00 bits per heavy atom. The van der Waals surface area contributed by atoms with Gasteiger partial charge >= 0.3 is 12.1 Å². The molecule has 0 unspecified atom stereocenters. The van der Waals surface area contributed by atoms with Gasteiger partial charge in [0.1, 0.15) is 0 Å². The van der Waals surface area contributed by atoms with Crippen molar-refractivity contribution in [3.05, 3.63) is 84.7 Å². The number of nitrogens with two attached hydrogens (primary N) is 1. The number of H-pyrrole nitrogens is 1. The summed E-state index contributed by atoms with van der Waals surface area (Å²) in [4.78, 5) is 23.2. The van der Waals surface area contributed by atoms with Crippen molar-refractivity contribution in [1.82, 2.24) is 25.3 Å². The van der Waals surface area contributed by atoms with Gasteiger partial charge in [0, 0.05) is 23.0 Å². The van der Waals surface area contributed by atoms with Gasteiger partial charge < -0.3 is 21.1 Å². The molecule has 0 aliphatic carbocycles. The van der Waals surface area contributed by atoms with Crippen LogP contribution >= 0.6 is 0 Å². The van der Waals surface area contributed by atoms with Gasteiger partial charge in [0.25, 0.3) is 0 Å². The Labute approximate surface area is 207 Å². The third-order valence-electron chi connectivity index (χ3n) is 5.50. The van der Waals surface area contributed by atoms with Gasteiger partial charge in [0.2, 0.25) is 0 Å². The van der Waals surface area contributed by atoms with E-state index in [4.69, 9.17) is 5.73 Å². The number of nitrogens with zero attached hydrogens (tertiary/aromatic N) is 3. The van der Waals surface area contributed by atoms with Crippen LogP contribution in [0.3, 0.4) is 0 Å². The highest BCUT2D eigenvalue weighted by Gasteiger charge is 2.11. The zero-order valence-electron chi connectivity index (χ0n) is 19.8. The average Bonchev–Trinajstić information content (AvgIpc) is 3.56. The fraction of sp³-hybridized carbons (Fsp3) is 0.154. The van der Waals surface area contributed by atoms with Crippen LogP contribution in [0.5, 0.6) is 0 Å². The molecule has 5 rings (SSSR count). The van der Waals surface area contributed by atoms with Crippen molar-refractivity contribution in [1.29, 1.82) is 0 Å². The number of aromatic nitrogens is 4. The van der Waals surface area contributed by atoms with E-state index in [0.29, 0.717) is 17.7 Å². The van der Waals surface area contributed by atoms with Crippen LogP contribution in [0.15, 0.2) is 79.1 Å². The summed E-state index contributed by atoms with van der Waals surface area (Å²) in [6, 6.07) is 21.0. The Bertz CT molecular complexity index is 1460. The molecule has 0 spiro atoms. The number of aryl methyl sites for hydroxylation is 1. The highest BCUT2D eigenvalue weighted by Crippen LogP contribution is 2.21. The molecule has 10 nitrogen and oxygen atoms in total. The standard InChI is InChI=1S/C17H18N4O.C9H9N3O2/c22-17(18-11-5-8-13-6-2-1-3-7-13)20-15-9-4-10-16-14(15)12-19-21-16;1-14-9(13)12-8-4-2-3-7(10)6(8)5-11-12/h1-4,6-7,9-10,12H,5,8,11H2,(H,19,21)(H2,18,20,22);2-5H,10H2,1H3. The first-order valence-corrected chi connectivity index (χ1v) is 11.4. The summed E-state index contributed by atoms with van der Waals surface area (Å²) in [5.74, 6) is 0. The van der Waals surface area contributed by atoms with Crippen LogP contribution in [-0.4, -0.2) is 45.8 Å². The maximum atomic E-state index is 11.9. The summed E-state index contributed by atoms with van der Waals surface area (Å²) in [6.45, 7) is 0.641. The van der Waals surface area contributed by atoms with E-state index in [9.17, 15) is 9.59 Å². The van der Waals surface area contributed by atoms with E-state index >= 15 is 0 Å². The number of anilines is 2. The number of aromatic amines is 1. The normalized spacial score (nSPS) is 10.5. The number of carbonyl (C=O) groups excluding carboxylic acids is 2. The molecule has 2 amide bonds. The minimum atomic E-state index is -0.523. The molecule has 5 N–H and O–H groups in total. The van der Waals surface area contributed by atoms with Gasteiger partial charge in [0.15, 0.2) is 0 Å². The molecule has 0 fully saturated rings. The summed E-state index contributed by atoms with van der Waals surface area (Å²) in [5, 5.41) is 18.1. The summed E-state index contributed by atoms with van der Waals surface area (Å²) >= 11 is 0. The first-order chi connectivity index (χ1) is 17.6. The number of ether oxygens (including phenoxy) is 1. The van der Waals surface area contributed by atoms with Gasteiger partial charge in [-0.1, -0.05) is 42.5 Å². The number of carbonyl (C=O) groups is 2. The number of hydrogen-bond donors (Lipinski definition) is 4. The lowest BCUT2D eigenvalue weighted by Crippen LogP contribution is -2.29. The Morgan fingerprint density at radius 3 is 2.61 bits per heavy atom. The number of nitrogens with one attached hydrogen (secondary N) is 3. The lowest BCUT2D eigenvalue weighted by molar-refractivity contribution is 0.170. The Kier molecular flexibility index (Phi) is 7.76. The van der Waals surface area contributed by atoms with Crippen molar-refractivity contribution >= 4 is 45.3 Å². The molecular weight excluding hydrogens is 458 g/mol. The predicted octanol–water partition coefficient (Wildman–Crippen LogP) is 4.55. The second-order valence-corrected chi connectivity index (χ2v) is 7.91. The van der Waals surface area contributed by atoms with Crippen molar-refractivity contribution in [2.45, 2.75) is 12.8 Å². The lowest BCUT2D eigenvalue weighted by atomic mass is 10.1. The first-order valence-electron chi connectivity index (χ1n) is 11.4. The molecule has 0 aliphatic heterocycles. The topological polar surface area (TPSA) is 140 Å². The lowest BCUT2D eigenvalue weighted by Gasteiger charge is -2.08. The van der Waals surface area contributed by atoms with Crippen molar-refractivity contribution < 1.29 is 14.3 Å². The second kappa shape index (κ2) is 11.5. The van der Waals surface area contributed by atoms with Crippen molar-refractivity contribution in [2.24, 2.45) is 0 Å². The van der Waals surface area contributed by atoms with E-state index in [1.807, 2.05) is 36.4 Å². The highest BCUT2D eigenvalue weighted by molar-refractivity contribution is 6.00. The quantitative estimate of drug-likeness (QED) is 0.213. The monoisotopic (exact) mass is 485 g/mol. The van der Waals surface area contributed by atoms with Crippen LogP contribution in [0, 0.1) is 0 Å². The number of nitrogen functional groups attached to an aromatic ring is 1. The third-order valence-corrected chi connectivity index (χ3v) is 5.50. The molecule has 2 heterocycles. The average molecular weight is 486 g/mol. The van der Waals surface area contributed by atoms with E-state index in [-0.39, 0.29) is 6.03 Å². The first kappa shape index (κ1) is 24.3. The Morgan fingerprint density at radius 2 is 1.81 bits per heavy atom. The van der Waals surface area contributed by atoms with E-state index in [1.165, 1.54) is 17.4 Å². The zero-order chi connectivity index (χ0) is 25.3. The van der Waals surface area contributed by atoms with Gasteiger partial charge in [-0.05, 0) is 42.7 Å². The van der Waals surface area contributed by atoms with Crippen LogP contribution in [0.4, 0.5) is 21.0 Å². The maximum absolute atomic E-state index is 11.9. The van der Waals surface area contributed by atoms with Gasteiger partial charge in [-0.3, -0.25) is 5.10 Å². The fourth-order valence-corrected chi connectivity index (χ4v) is 3.69. The second-order valence-electron chi connectivity index (χ2n) is 7.91. The van der Waals surface area contributed by atoms with E-state index < -0.39 is 6.09 Å². The summed E-state index contributed by atoms with van der Waals surface area (Å²) in [6.07, 6.45) is 4.60. The number of urea groups is 1. The van der Waals surface area contributed by atoms with Gasteiger partial charge in [-0.15, -0.1) is 0 Å². The van der Waals surface area contributed by atoms with E-state index in [1.54, 1.807) is 30.6 Å². The summed E-state index contributed by atoms with van der Waals surface area (Å²) in [5.41, 5.74) is 9.90. The number of amides is 2. The molecule has 184 valence electrons. The molecule has 0 aliphatic rings. The van der Waals surface area contributed by atoms with Crippen LogP contribution in [0.25, 0.3) is 21.8 Å². The number of hydrogen-bond acceptors (Lipinski definition) is 6. The third kappa shape index (κ3) is 5.79. The molecule has 0 saturated carbocycles. The van der Waals surface area contributed by atoms with E-state index in [2.05, 4.69) is 42.8 Å². The molecule has 0 radical (unpaired) electrons. The van der Waals surface area contributed by atoms with Crippen LogP contribution in [0.1, 0.15) is 12.0 Å². The largest absolute Gasteiger partial charge is 0.451 e. The SMILES string of the molecule is COC(=O)n1ncc2c(N)cccc21.O=C(NCCCc1ccccc1)Nc1cccc2[nH]ncc12. The van der Waals surface area contributed by atoms with Crippen LogP contribution in [-0.2, 0) is 11.2 Å². The molecule has 36 heavy (non-hydrogen) atoms. The number of benzene rings is 3. The van der Waals surface area contributed by atoms with Crippen LogP contribution in [0.2, 0.25) is 0 Å². The Hall–Kier alpha value is -4.86. The molecule has 5 aromatic rings. The van der Waals surface area contributed by atoms with Crippen molar-refractivity contribution in [2.75, 3.05) is 24.7 Å². The fourth-order valence-electron chi connectivity index (χ4n) is 3.69. The number of methoxy groups -OCH3 is 1. The molecule has 0 bridgehead atoms. The molecular formula is C26H27N7O3. The Balaban J connectivity index is 0.000000187. The predicted molar refractivity (Wildman–Crippen MR) is 140 cm³/mol. The van der Waals surface area contributed by atoms with Gasteiger partial charge in [0.05, 0.1) is 36.2 Å². The smallest absolute Gasteiger partial charge is 0.434 e. The van der Waals surface area contributed by atoms with Crippen molar-refractivity contribution in [3.8, 4) is 0 Å². The maximum Gasteiger partial charge on any atom is 0.434 e. The molecule has 2 aromatic heterocycles. The number of fused-ring (bicyclic) bond motifs is 2. The summed E-state index contributed by atoms with van der Waals surface area (Å²) in [7, 11) is 1.31. The van der Waals surface area contributed by atoms with Crippen LogP contribution < -0.4 is 16.4 Å².